The van der Waals surface area contributed by atoms with Crippen LogP contribution in [-0.2, 0) is 25.6 Å². The summed E-state index contributed by atoms with van der Waals surface area (Å²) in [5.74, 6) is -2.89. The Morgan fingerprint density at radius 2 is 1.60 bits per heavy atom. The van der Waals surface area contributed by atoms with Gasteiger partial charge in [-0.15, -0.1) is 0 Å². The monoisotopic (exact) mass is 423 g/mol. The van der Waals surface area contributed by atoms with Crippen LogP contribution in [0, 0.1) is 0 Å². The number of aliphatic carboxylic acids is 1. The molecule has 1 aromatic carbocycles. The summed E-state index contributed by atoms with van der Waals surface area (Å²) in [5, 5.41) is 25.0. The lowest BCUT2D eigenvalue weighted by atomic mass is 10.1. The highest BCUT2D eigenvalue weighted by Crippen LogP contribution is 2.10. The van der Waals surface area contributed by atoms with Gasteiger partial charge in [-0.05, 0) is 49.9 Å². The smallest absolute Gasteiger partial charge is 0.322 e. The van der Waals surface area contributed by atoms with E-state index in [4.69, 9.17) is 16.6 Å². The molecular formula is C19H29N5O6. The summed E-state index contributed by atoms with van der Waals surface area (Å²) in [5.41, 5.74) is 12.0. The first-order valence-electron chi connectivity index (χ1n) is 9.53. The highest BCUT2D eigenvalue weighted by molar-refractivity contribution is 5.91. The summed E-state index contributed by atoms with van der Waals surface area (Å²) in [6.07, 6.45) is 1.70. The highest BCUT2D eigenvalue weighted by Gasteiger charge is 2.22. The van der Waals surface area contributed by atoms with Crippen molar-refractivity contribution in [3.8, 4) is 5.75 Å². The molecule has 2 atom stereocenters. The van der Waals surface area contributed by atoms with Gasteiger partial charge in [0.2, 0.25) is 17.7 Å². The fourth-order valence-electron chi connectivity index (χ4n) is 2.57. The fraction of sp³-hybridized carbons (Fsp3) is 0.474. The number of carboxylic acid groups (broad SMARTS) is 1. The summed E-state index contributed by atoms with van der Waals surface area (Å²) in [4.78, 5) is 47.0. The second-order valence-electron chi connectivity index (χ2n) is 6.71. The van der Waals surface area contributed by atoms with Gasteiger partial charge in [0, 0.05) is 0 Å². The Morgan fingerprint density at radius 1 is 0.967 bits per heavy atom. The van der Waals surface area contributed by atoms with Crippen LogP contribution in [0.5, 0.6) is 5.75 Å². The topological polar surface area (TPSA) is 197 Å². The summed E-state index contributed by atoms with van der Waals surface area (Å²) >= 11 is 0. The largest absolute Gasteiger partial charge is 0.508 e. The van der Waals surface area contributed by atoms with E-state index in [1.807, 2.05) is 0 Å². The van der Waals surface area contributed by atoms with Crippen LogP contribution in [0.2, 0.25) is 0 Å². The lowest BCUT2D eigenvalue weighted by Gasteiger charge is -2.18. The molecule has 1 rings (SSSR count). The predicted molar refractivity (Wildman–Crippen MR) is 108 cm³/mol. The summed E-state index contributed by atoms with van der Waals surface area (Å²) in [6.45, 7) is -0.529. The van der Waals surface area contributed by atoms with Crippen LogP contribution in [-0.4, -0.2) is 65.6 Å². The van der Waals surface area contributed by atoms with Gasteiger partial charge in [0.1, 0.15) is 18.3 Å². The summed E-state index contributed by atoms with van der Waals surface area (Å²) < 4.78 is 0. The Hall–Kier alpha value is -3.18. The third-order valence-electron chi connectivity index (χ3n) is 4.16. The average molecular weight is 423 g/mol. The molecule has 2 unspecified atom stereocenters. The lowest BCUT2D eigenvalue weighted by molar-refractivity contribution is -0.138. The fourth-order valence-corrected chi connectivity index (χ4v) is 2.57. The van der Waals surface area contributed by atoms with Crippen molar-refractivity contribution in [1.29, 1.82) is 0 Å². The SMILES string of the molecule is NCCCCC(NC(=O)CNC(=O)C(N)Cc1ccc(O)cc1)C(=O)NCC(=O)O. The Bertz CT molecular complexity index is 725. The maximum Gasteiger partial charge on any atom is 0.322 e. The zero-order valence-electron chi connectivity index (χ0n) is 16.6. The van der Waals surface area contributed by atoms with Gasteiger partial charge in [-0.1, -0.05) is 12.1 Å². The van der Waals surface area contributed by atoms with Gasteiger partial charge in [-0.3, -0.25) is 19.2 Å². The van der Waals surface area contributed by atoms with Crippen LogP contribution in [0.15, 0.2) is 24.3 Å². The number of unbranched alkanes of at least 4 members (excludes halogenated alkanes) is 1. The molecule has 0 fully saturated rings. The zero-order chi connectivity index (χ0) is 22.5. The van der Waals surface area contributed by atoms with Gasteiger partial charge in [0.15, 0.2) is 0 Å². The molecule has 0 spiro atoms. The number of phenols is 1. The van der Waals surface area contributed by atoms with E-state index in [2.05, 4.69) is 16.0 Å². The van der Waals surface area contributed by atoms with E-state index < -0.39 is 42.3 Å². The van der Waals surface area contributed by atoms with E-state index in [-0.39, 0.29) is 25.1 Å². The minimum atomic E-state index is -1.20. The molecule has 0 aromatic heterocycles. The highest BCUT2D eigenvalue weighted by atomic mass is 16.4. The Balaban J connectivity index is 2.51. The van der Waals surface area contributed by atoms with Crippen molar-refractivity contribution in [2.45, 2.75) is 37.8 Å². The van der Waals surface area contributed by atoms with Crippen LogP contribution in [0.3, 0.4) is 0 Å². The molecule has 0 saturated carbocycles. The van der Waals surface area contributed by atoms with Crippen LogP contribution >= 0.6 is 0 Å². The van der Waals surface area contributed by atoms with Crippen molar-refractivity contribution in [2.24, 2.45) is 11.5 Å². The first-order chi connectivity index (χ1) is 14.2. The number of nitrogens with two attached hydrogens (primary N) is 2. The van der Waals surface area contributed by atoms with E-state index >= 15 is 0 Å². The quantitative estimate of drug-likeness (QED) is 0.180. The number of hydrogen-bond acceptors (Lipinski definition) is 7. The second-order valence-corrected chi connectivity index (χ2v) is 6.71. The number of carbonyl (C=O) groups excluding carboxylic acids is 3. The first-order valence-corrected chi connectivity index (χ1v) is 9.53. The molecule has 30 heavy (non-hydrogen) atoms. The van der Waals surface area contributed by atoms with Gasteiger partial charge < -0.3 is 37.6 Å². The maximum atomic E-state index is 12.1. The molecule has 0 aliphatic heterocycles. The van der Waals surface area contributed by atoms with E-state index in [0.29, 0.717) is 19.4 Å². The van der Waals surface area contributed by atoms with Gasteiger partial charge in [0.05, 0.1) is 12.6 Å². The number of nitrogens with one attached hydrogen (secondary N) is 3. The molecule has 0 saturated heterocycles. The number of aromatic hydroxyl groups is 1. The minimum absolute atomic E-state index is 0.0989. The van der Waals surface area contributed by atoms with Crippen LogP contribution in [0.1, 0.15) is 24.8 Å². The van der Waals surface area contributed by atoms with Crippen molar-refractivity contribution >= 4 is 23.7 Å². The molecule has 1 aromatic rings. The molecule has 0 radical (unpaired) electrons. The van der Waals surface area contributed by atoms with E-state index in [0.717, 1.165) is 5.56 Å². The van der Waals surface area contributed by atoms with Crippen LogP contribution in [0.25, 0.3) is 0 Å². The van der Waals surface area contributed by atoms with Gasteiger partial charge >= 0.3 is 5.97 Å². The Kier molecular flexibility index (Phi) is 10.9. The van der Waals surface area contributed by atoms with Crippen molar-refractivity contribution in [1.82, 2.24) is 16.0 Å². The molecular weight excluding hydrogens is 394 g/mol. The normalized spacial score (nSPS) is 12.5. The van der Waals surface area contributed by atoms with Crippen molar-refractivity contribution < 1.29 is 29.4 Å². The Morgan fingerprint density at radius 3 is 2.20 bits per heavy atom. The number of amides is 3. The molecule has 0 aliphatic rings. The van der Waals surface area contributed by atoms with Gasteiger partial charge in [-0.2, -0.15) is 0 Å². The van der Waals surface area contributed by atoms with Crippen LogP contribution in [0.4, 0.5) is 0 Å². The van der Waals surface area contributed by atoms with E-state index in [9.17, 15) is 24.3 Å². The van der Waals surface area contributed by atoms with Crippen molar-refractivity contribution in [2.75, 3.05) is 19.6 Å². The third-order valence-corrected chi connectivity index (χ3v) is 4.16. The number of carboxylic acids is 1. The number of carbonyl (C=O) groups is 4. The zero-order valence-corrected chi connectivity index (χ0v) is 16.6. The van der Waals surface area contributed by atoms with E-state index in [1.54, 1.807) is 12.1 Å². The van der Waals surface area contributed by atoms with Gasteiger partial charge in [-0.25, -0.2) is 0 Å². The molecule has 0 bridgehead atoms. The molecule has 11 nitrogen and oxygen atoms in total. The van der Waals surface area contributed by atoms with Crippen LogP contribution < -0.4 is 27.4 Å². The van der Waals surface area contributed by atoms with Crippen molar-refractivity contribution in [3.05, 3.63) is 29.8 Å². The second kappa shape index (κ2) is 13.1. The summed E-state index contributed by atoms with van der Waals surface area (Å²) in [6, 6.07) is 4.39. The first kappa shape index (κ1) is 24.9. The van der Waals surface area contributed by atoms with Gasteiger partial charge in [0.25, 0.3) is 0 Å². The molecule has 11 heteroatoms. The van der Waals surface area contributed by atoms with Crippen molar-refractivity contribution in [3.63, 3.8) is 0 Å². The maximum absolute atomic E-state index is 12.1. The number of hydrogen-bond donors (Lipinski definition) is 7. The third kappa shape index (κ3) is 9.85. The van der Waals surface area contributed by atoms with E-state index in [1.165, 1.54) is 12.1 Å². The average Bonchev–Trinajstić information content (AvgIpc) is 2.71. The minimum Gasteiger partial charge on any atom is -0.508 e. The molecule has 0 heterocycles. The lowest BCUT2D eigenvalue weighted by Crippen LogP contribution is -2.51. The number of benzene rings is 1. The molecule has 9 N–H and O–H groups in total. The summed E-state index contributed by atoms with van der Waals surface area (Å²) in [7, 11) is 0. The number of phenolic OH excluding ortho intramolecular Hbond substituents is 1. The standard InChI is InChI=1S/C19H29N5O6/c20-8-2-1-3-15(19(30)23-11-17(27)28)24-16(26)10-22-18(29)14(21)9-12-4-6-13(25)7-5-12/h4-7,14-15,25H,1-3,8-11,20-21H2,(H,22,29)(H,23,30)(H,24,26)(H,27,28). The Labute approximate surface area is 174 Å². The number of rotatable bonds is 13. The molecule has 166 valence electrons. The molecule has 3 amide bonds. The predicted octanol–water partition coefficient (Wildman–Crippen LogP) is -1.81. The molecule has 0 aliphatic carbocycles.